The van der Waals surface area contributed by atoms with Crippen molar-refractivity contribution in [1.29, 1.82) is 5.41 Å². The summed E-state index contributed by atoms with van der Waals surface area (Å²) in [4.78, 5) is 44.9. The molecule has 1 heterocycles. The van der Waals surface area contributed by atoms with Crippen LogP contribution in [0.15, 0.2) is 24.3 Å². The smallest absolute Gasteiger partial charge is 0.481 e. The third kappa shape index (κ3) is 8.20. The van der Waals surface area contributed by atoms with Crippen LogP contribution in [0, 0.1) is 5.41 Å². The van der Waals surface area contributed by atoms with Gasteiger partial charge in [0.2, 0.25) is 5.91 Å². The monoisotopic (exact) mass is 447 g/mol. The maximum atomic E-state index is 12.4. The van der Waals surface area contributed by atoms with Crippen LogP contribution in [0.3, 0.4) is 0 Å². The number of carbonyl (C=O) groups excluding carboxylic acids is 2. The number of amides is 3. The maximum absolute atomic E-state index is 12.4. The van der Waals surface area contributed by atoms with E-state index < -0.39 is 30.2 Å². The fourth-order valence-electron chi connectivity index (χ4n) is 2.38. The van der Waals surface area contributed by atoms with Crippen LogP contribution in [-0.2, 0) is 14.4 Å². The molecule has 1 aromatic carbocycles. The molecule has 1 aliphatic heterocycles. The van der Waals surface area contributed by atoms with Crippen LogP contribution in [0.1, 0.15) is 18.4 Å². The van der Waals surface area contributed by atoms with Crippen LogP contribution in [0.2, 0.25) is 0 Å². The number of halogens is 3. The highest BCUT2D eigenvalue weighted by atomic mass is 19.4. The van der Waals surface area contributed by atoms with Crippen molar-refractivity contribution in [3.8, 4) is 0 Å². The molecule has 1 atom stereocenters. The third-order valence-corrected chi connectivity index (χ3v) is 3.87. The average molecular weight is 447 g/mol. The second-order valence-electron chi connectivity index (χ2n) is 6.14. The lowest BCUT2D eigenvalue weighted by Crippen LogP contribution is -2.46. The standard InChI is InChI=1S/C15H19N5O4.C2HF3O2/c16-13(17)9-1-3-10(4-2-9)20-8-6-11(14(20)23)19-15(24)18-7-5-12(21)22;3-2(4,5)1(6)7/h1-4,11H,5-8H2,(H3,16,17)(H,21,22)(H2,18,19,24);(H,6,7). The zero-order valence-electron chi connectivity index (χ0n) is 15.9. The Morgan fingerprint density at radius 1 is 1.19 bits per heavy atom. The lowest BCUT2D eigenvalue weighted by atomic mass is 10.2. The number of alkyl halides is 3. The van der Waals surface area contributed by atoms with Crippen molar-refractivity contribution in [1.82, 2.24) is 10.6 Å². The van der Waals surface area contributed by atoms with Crippen molar-refractivity contribution in [2.24, 2.45) is 5.73 Å². The predicted octanol–water partition coefficient (Wildman–Crippen LogP) is 0.483. The number of hydrogen-bond acceptors (Lipinski definition) is 5. The molecule has 1 aliphatic rings. The number of carbonyl (C=O) groups is 4. The Kier molecular flexibility index (Phi) is 8.78. The molecule has 31 heavy (non-hydrogen) atoms. The number of nitrogens with zero attached hydrogens (tertiary/aromatic N) is 1. The van der Waals surface area contributed by atoms with Gasteiger partial charge in [-0.25, -0.2) is 9.59 Å². The van der Waals surface area contributed by atoms with Crippen LogP contribution in [-0.4, -0.2) is 65.2 Å². The van der Waals surface area contributed by atoms with E-state index in [1.54, 1.807) is 29.2 Å². The van der Waals surface area contributed by atoms with E-state index in [1.807, 2.05) is 0 Å². The number of carboxylic acid groups (broad SMARTS) is 2. The van der Waals surface area contributed by atoms with Gasteiger partial charge in [-0.2, -0.15) is 13.2 Å². The number of urea groups is 1. The molecule has 3 amide bonds. The Bertz CT molecular complexity index is 844. The highest BCUT2D eigenvalue weighted by Crippen LogP contribution is 2.22. The van der Waals surface area contributed by atoms with Crippen LogP contribution in [0.5, 0.6) is 0 Å². The molecule has 0 spiro atoms. The number of hydrogen-bond donors (Lipinski definition) is 6. The number of nitrogen functional groups attached to an aromatic ring is 1. The molecule has 0 saturated carbocycles. The molecule has 1 fully saturated rings. The van der Waals surface area contributed by atoms with Crippen LogP contribution in [0.25, 0.3) is 0 Å². The fourth-order valence-corrected chi connectivity index (χ4v) is 2.38. The van der Waals surface area contributed by atoms with Gasteiger partial charge in [-0.3, -0.25) is 15.0 Å². The van der Waals surface area contributed by atoms with Crippen molar-refractivity contribution in [2.45, 2.75) is 25.1 Å². The first kappa shape index (κ1) is 25.2. The Morgan fingerprint density at radius 2 is 1.74 bits per heavy atom. The number of nitrogens with two attached hydrogens (primary N) is 1. The highest BCUT2D eigenvalue weighted by molar-refractivity contribution is 6.02. The SMILES string of the molecule is N=C(N)c1ccc(N2CCC(NC(=O)NCCC(=O)O)C2=O)cc1.O=C(O)C(F)(F)F. The Morgan fingerprint density at radius 3 is 2.19 bits per heavy atom. The number of amidine groups is 1. The molecule has 1 unspecified atom stereocenters. The molecular formula is C17H20F3N5O6. The van der Waals surface area contributed by atoms with Gasteiger partial charge in [0.25, 0.3) is 0 Å². The zero-order valence-corrected chi connectivity index (χ0v) is 15.9. The van der Waals surface area contributed by atoms with Gasteiger partial charge >= 0.3 is 24.1 Å². The molecule has 0 aliphatic carbocycles. The van der Waals surface area contributed by atoms with E-state index in [0.717, 1.165) is 0 Å². The Balaban J connectivity index is 0.000000592. The van der Waals surface area contributed by atoms with Gasteiger partial charge in [-0.15, -0.1) is 0 Å². The number of nitrogens with one attached hydrogen (secondary N) is 3. The van der Waals surface area contributed by atoms with Gasteiger partial charge in [0.1, 0.15) is 11.9 Å². The second-order valence-corrected chi connectivity index (χ2v) is 6.14. The molecule has 1 aromatic rings. The minimum absolute atomic E-state index is 0.00169. The predicted molar refractivity (Wildman–Crippen MR) is 101 cm³/mol. The summed E-state index contributed by atoms with van der Waals surface area (Å²) in [7, 11) is 0. The quantitative estimate of drug-likeness (QED) is 0.270. The summed E-state index contributed by atoms with van der Waals surface area (Å²) in [5.74, 6) is -4.05. The molecular weight excluding hydrogens is 427 g/mol. The number of carboxylic acids is 2. The molecule has 7 N–H and O–H groups in total. The van der Waals surface area contributed by atoms with Crippen LogP contribution < -0.4 is 21.3 Å². The van der Waals surface area contributed by atoms with E-state index in [4.69, 9.17) is 26.2 Å². The summed E-state index contributed by atoms with van der Waals surface area (Å²) in [6.07, 6.45) is -4.81. The molecule has 1 saturated heterocycles. The molecule has 2 rings (SSSR count). The topological polar surface area (TPSA) is 186 Å². The molecule has 0 bridgehead atoms. The van der Waals surface area contributed by atoms with Crippen molar-refractivity contribution in [2.75, 3.05) is 18.0 Å². The van der Waals surface area contributed by atoms with Crippen molar-refractivity contribution < 1.29 is 42.6 Å². The summed E-state index contributed by atoms with van der Waals surface area (Å²) < 4.78 is 31.7. The molecule has 0 radical (unpaired) electrons. The van der Waals surface area contributed by atoms with Gasteiger partial charge in [-0.05, 0) is 30.7 Å². The fraction of sp³-hybridized carbons (Fsp3) is 0.353. The summed E-state index contributed by atoms with van der Waals surface area (Å²) >= 11 is 0. The first-order chi connectivity index (χ1) is 14.3. The molecule has 11 nitrogen and oxygen atoms in total. The summed E-state index contributed by atoms with van der Waals surface area (Å²) in [5, 5.41) is 27.9. The minimum Gasteiger partial charge on any atom is -0.481 e. The second kappa shape index (κ2) is 10.8. The third-order valence-electron chi connectivity index (χ3n) is 3.87. The van der Waals surface area contributed by atoms with Gasteiger partial charge in [-0.1, -0.05) is 0 Å². The highest BCUT2D eigenvalue weighted by Gasteiger charge is 2.38. The van der Waals surface area contributed by atoms with Gasteiger partial charge in [0.15, 0.2) is 0 Å². The number of anilines is 1. The van der Waals surface area contributed by atoms with E-state index >= 15 is 0 Å². The van der Waals surface area contributed by atoms with Gasteiger partial charge < -0.3 is 31.5 Å². The minimum atomic E-state index is -5.08. The van der Waals surface area contributed by atoms with Crippen molar-refractivity contribution in [3.05, 3.63) is 29.8 Å². The first-order valence-electron chi connectivity index (χ1n) is 8.65. The van der Waals surface area contributed by atoms with E-state index in [1.165, 1.54) is 0 Å². The molecule has 0 aromatic heterocycles. The Labute approximate surface area is 173 Å². The first-order valence-corrected chi connectivity index (χ1v) is 8.65. The number of benzene rings is 1. The van der Waals surface area contributed by atoms with Crippen LogP contribution in [0.4, 0.5) is 23.7 Å². The number of rotatable bonds is 6. The van der Waals surface area contributed by atoms with Gasteiger partial charge in [0, 0.05) is 24.3 Å². The van der Waals surface area contributed by atoms with Crippen molar-refractivity contribution >= 4 is 35.4 Å². The van der Waals surface area contributed by atoms with E-state index in [0.29, 0.717) is 24.2 Å². The van der Waals surface area contributed by atoms with Gasteiger partial charge in [0.05, 0.1) is 6.42 Å². The summed E-state index contributed by atoms with van der Waals surface area (Å²) in [6.45, 7) is 0.455. The molecule has 14 heteroatoms. The lowest BCUT2D eigenvalue weighted by molar-refractivity contribution is -0.192. The maximum Gasteiger partial charge on any atom is 0.490 e. The number of aliphatic carboxylic acids is 2. The van der Waals surface area contributed by atoms with Crippen LogP contribution >= 0.6 is 0 Å². The van der Waals surface area contributed by atoms with E-state index in [-0.39, 0.29) is 24.7 Å². The zero-order chi connectivity index (χ0) is 23.8. The summed E-state index contributed by atoms with van der Waals surface area (Å²) in [6, 6.07) is 5.49. The largest absolute Gasteiger partial charge is 0.490 e. The van der Waals surface area contributed by atoms with E-state index in [2.05, 4.69) is 10.6 Å². The normalized spacial score (nSPS) is 15.5. The molecule has 170 valence electrons. The van der Waals surface area contributed by atoms with Crippen molar-refractivity contribution in [3.63, 3.8) is 0 Å². The Hall–Kier alpha value is -3.84. The lowest BCUT2D eigenvalue weighted by Gasteiger charge is -2.17. The van der Waals surface area contributed by atoms with E-state index in [9.17, 15) is 27.6 Å². The summed E-state index contributed by atoms with van der Waals surface area (Å²) in [5.41, 5.74) is 6.63. The average Bonchev–Trinajstić information content (AvgIpc) is 3.01.